The minimum absolute atomic E-state index is 0.0747. The summed E-state index contributed by atoms with van der Waals surface area (Å²) < 4.78 is 5.39. The number of hydrogen-bond donors (Lipinski definition) is 2. The zero-order valence-electron chi connectivity index (χ0n) is 21.8. The summed E-state index contributed by atoms with van der Waals surface area (Å²) in [6.45, 7) is 17.3. The average molecular weight is 462 g/mol. The van der Waals surface area contributed by atoms with E-state index in [-0.39, 0.29) is 23.8 Å². The molecule has 186 valence electrons. The molecule has 1 aromatic carbocycles. The van der Waals surface area contributed by atoms with Crippen LogP contribution in [-0.2, 0) is 14.3 Å². The van der Waals surface area contributed by atoms with Crippen molar-refractivity contribution in [1.29, 1.82) is 0 Å². The van der Waals surface area contributed by atoms with Crippen LogP contribution in [0, 0.1) is 12.8 Å². The summed E-state index contributed by atoms with van der Waals surface area (Å²) in [6.07, 6.45) is 0.950. The zero-order valence-corrected chi connectivity index (χ0v) is 21.8. The molecule has 0 aromatic heterocycles. The van der Waals surface area contributed by atoms with Gasteiger partial charge in [0.2, 0.25) is 11.8 Å². The van der Waals surface area contributed by atoms with Crippen LogP contribution in [0.5, 0.6) is 0 Å². The third kappa shape index (κ3) is 9.44. The lowest BCUT2D eigenvalue weighted by Crippen LogP contribution is -2.55. The van der Waals surface area contributed by atoms with Crippen LogP contribution in [0.15, 0.2) is 24.3 Å². The Bertz CT molecular complexity index is 782. The molecule has 2 atom stereocenters. The molecule has 3 amide bonds. The van der Waals surface area contributed by atoms with Gasteiger partial charge in [0.1, 0.15) is 17.7 Å². The second kappa shape index (κ2) is 12.6. The standard InChI is InChI=1S/C26H43N3O4/c1-10-11-16-29(24(31)21(17(2)3)28-25(32)33-26(7,8)9)22(23(30)27-18(4)5)20-14-12-19(6)13-15-20/h12-15,17-18,21-22H,10-11,16H2,1-9H3,(H,27,30)(H,28,32). The number of aryl methyl sites for hydroxylation is 1. The highest BCUT2D eigenvalue weighted by molar-refractivity contribution is 5.92. The van der Waals surface area contributed by atoms with Gasteiger partial charge in [-0.15, -0.1) is 0 Å². The molecule has 33 heavy (non-hydrogen) atoms. The summed E-state index contributed by atoms with van der Waals surface area (Å²) in [4.78, 5) is 41.3. The topological polar surface area (TPSA) is 87.7 Å². The van der Waals surface area contributed by atoms with Crippen molar-refractivity contribution in [1.82, 2.24) is 15.5 Å². The summed E-state index contributed by atoms with van der Waals surface area (Å²) in [7, 11) is 0. The van der Waals surface area contributed by atoms with Gasteiger partial charge >= 0.3 is 6.09 Å². The molecule has 0 spiro atoms. The number of ether oxygens (including phenoxy) is 1. The Balaban J connectivity index is 3.40. The van der Waals surface area contributed by atoms with Crippen LogP contribution in [0.3, 0.4) is 0 Å². The molecule has 0 bridgehead atoms. The monoisotopic (exact) mass is 461 g/mol. The fourth-order valence-electron chi connectivity index (χ4n) is 3.41. The predicted molar refractivity (Wildman–Crippen MR) is 132 cm³/mol. The maximum absolute atomic E-state index is 13.8. The second-order valence-corrected chi connectivity index (χ2v) is 10.2. The van der Waals surface area contributed by atoms with Gasteiger partial charge in [0.25, 0.3) is 0 Å². The van der Waals surface area contributed by atoms with E-state index in [1.807, 2.05) is 65.8 Å². The summed E-state index contributed by atoms with van der Waals surface area (Å²) >= 11 is 0. The van der Waals surface area contributed by atoms with Crippen LogP contribution in [0.2, 0.25) is 0 Å². The first kappa shape index (κ1) is 28.5. The Labute approximate surface area is 199 Å². The number of carbonyl (C=O) groups excluding carboxylic acids is 3. The van der Waals surface area contributed by atoms with Gasteiger partial charge in [0.15, 0.2) is 0 Å². The number of amides is 3. The van der Waals surface area contributed by atoms with Crippen LogP contribution < -0.4 is 10.6 Å². The van der Waals surface area contributed by atoms with E-state index in [1.165, 1.54) is 0 Å². The molecule has 2 unspecified atom stereocenters. The summed E-state index contributed by atoms with van der Waals surface area (Å²) in [5.41, 5.74) is 1.13. The first-order valence-electron chi connectivity index (χ1n) is 11.9. The summed E-state index contributed by atoms with van der Waals surface area (Å²) in [5, 5.41) is 5.70. The van der Waals surface area contributed by atoms with Crippen molar-refractivity contribution in [3.8, 4) is 0 Å². The third-order valence-corrected chi connectivity index (χ3v) is 5.02. The molecule has 0 heterocycles. The molecular formula is C26H43N3O4. The molecule has 7 nitrogen and oxygen atoms in total. The Morgan fingerprint density at radius 3 is 2.03 bits per heavy atom. The van der Waals surface area contributed by atoms with E-state index in [2.05, 4.69) is 10.6 Å². The highest BCUT2D eigenvalue weighted by Gasteiger charge is 2.37. The Hall–Kier alpha value is -2.57. The van der Waals surface area contributed by atoms with E-state index >= 15 is 0 Å². The minimum Gasteiger partial charge on any atom is -0.444 e. The maximum atomic E-state index is 13.8. The average Bonchev–Trinajstić information content (AvgIpc) is 2.67. The molecule has 0 fully saturated rings. The number of nitrogens with zero attached hydrogens (tertiary/aromatic N) is 1. The molecule has 1 rings (SSSR count). The highest BCUT2D eigenvalue weighted by atomic mass is 16.6. The molecule has 1 aromatic rings. The molecular weight excluding hydrogens is 418 g/mol. The quantitative estimate of drug-likeness (QED) is 0.527. The fraction of sp³-hybridized carbons (Fsp3) is 0.654. The minimum atomic E-state index is -0.823. The van der Waals surface area contributed by atoms with Gasteiger partial charge in [-0.1, -0.05) is 57.0 Å². The first-order valence-corrected chi connectivity index (χ1v) is 11.9. The molecule has 7 heteroatoms. The van der Waals surface area contributed by atoms with Crippen LogP contribution in [0.4, 0.5) is 4.79 Å². The molecule has 0 saturated heterocycles. The van der Waals surface area contributed by atoms with Crippen LogP contribution in [0.25, 0.3) is 0 Å². The third-order valence-electron chi connectivity index (χ3n) is 5.02. The highest BCUT2D eigenvalue weighted by Crippen LogP contribution is 2.25. The van der Waals surface area contributed by atoms with Gasteiger partial charge in [-0.25, -0.2) is 4.79 Å². The van der Waals surface area contributed by atoms with Crippen LogP contribution in [-0.4, -0.2) is 47.0 Å². The lowest BCUT2D eigenvalue weighted by molar-refractivity contribution is -0.143. The van der Waals surface area contributed by atoms with E-state index in [1.54, 1.807) is 25.7 Å². The molecule has 0 radical (unpaired) electrons. The van der Waals surface area contributed by atoms with Gasteiger partial charge in [0, 0.05) is 12.6 Å². The first-order chi connectivity index (χ1) is 15.3. The van der Waals surface area contributed by atoms with Crippen molar-refractivity contribution in [2.75, 3.05) is 6.54 Å². The van der Waals surface area contributed by atoms with Crippen molar-refractivity contribution in [2.45, 2.75) is 98.9 Å². The van der Waals surface area contributed by atoms with Crippen molar-refractivity contribution in [2.24, 2.45) is 5.92 Å². The number of carbonyl (C=O) groups is 3. The van der Waals surface area contributed by atoms with E-state index in [0.29, 0.717) is 6.54 Å². The van der Waals surface area contributed by atoms with Gasteiger partial charge in [-0.3, -0.25) is 9.59 Å². The Kier molecular flexibility index (Phi) is 10.9. The van der Waals surface area contributed by atoms with Crippen LogP contribution in [0.1, 0.15) is 85.4 Å². The van der Waals surface area contributed by atoms with E-state index in [9.17, 15) is 14.4 Å². The van der Waals surface area contributed by atoms with E-state index in [0.717, 1.165) is 24.0 Å². The molecule has 0 aliphatic rings. The lowest BCUT2D eigenvalue weighted by Gasteiger charge is -2.36. The van der Waals surface area contributed by atoms with Gasteiger partial charge in [0.05, 0.1) is 0 Å². The SMILES string of the molecule is CCCCN(C(=O)C(NC(=O)OC(C)(C)C)C(C)C)C(C(=O)NC(C)C)c1ccc(C)cc1. The second-order valence-electron chi connectivity index (χ2n) is 10.2. The fourth-order valence-corrected chi connectivity index (χ4v) is 3.41. The Morgan fingerprint density at radius 1 is 1.00 bits per heavy atom. The van der Waals surface area contributed by atoms with Crippen LogP contribution >= 0.6 is 0 Å². The van der Waals surface area contributed by atoms with Crippen molar-refractivity contribution in [3.63, 3.8) is 0 Å². The number of unbranched alkanes of at least 4 members (excludes halogenated alkanes) is 1. The van der Waals surface area contributed by atoms with E-state index in [4.69, 9.17) is 4.74 Å². The number of hydrogen-bond acceptors (Lipinski definition) is 4. The number of nitrogens with one attached hydrogen (secondary N) is 2. The van der Waals surface area contributed by atoms with E-state index < -0.39 is 23.8 Å². The molecule has 2 N–H and O–H groups in total. The van der Waals surface area contributed by atoms with Gasteiger partial charge < -0.3 is 20.3 Å². The lowest BCUT2D eigenvalue weighted by atomic mass is 9.98. The summed E-state index contributed by atoms with van der Waals surface area (Å²) in [5.74, 6) is -0.729. The normalized spacial score (nSPS) is 13.4. The van der Waals surface area contributed by atoms with Gasteiger partial charge in [-0.2, -0.15) is 0 Å². The largest absolute Gasteiger partial charge is 0.444 e. The number of alkyl carbamates (subject to hydrolysis) is 1. The van der Waals surface area contributed by atoms with Crippen molar-refractivity contribution >= 4 is 17.9 Å². The summed E-state index contributed by atoms with van der Waals surface area (Å²) in [6, 6.07) is 5.95. The maximum Gasteiger partial charge on any atom is 0.408 e. The van der Waals surface area contributed by atoms with Crippen molar-refractivity contribution in [3.05, 3.63) is 35.4 Å². The van der Waals surface area contributed by atoms with Crippen molar-refractivity contribution < 1.29 is 19.1 Å². The molecule has 0 aliphatic carbocycles. The number of rotatable bonds is 10. The predicted octanol–water partition coefficient (Wildman–Crippen LogP) is 4.74. The Morgan fingerprint density at radius 2 is 1.58 bits per heavy atom. The van der Waals surface area contributed by atoms with Gasteiger partial charge in [-0.05, 0) is 59.4 Å². The molecule has 0 saturated carbocycles. The smallest absolute Gasteiger partial charge is 0.408 e. The zero-order chi connectivity index (χ0) is 25.3. The molecule has 0 aliphatic heterocycles. The number of benzene rings is 1.